The molecule has 214 valence electrons. The summed E-state index contributed by atoms with van der Waals surface area (Å²) in [5.41, 5.74) is 0.722. The highest BCUT2D eigenvalue weighted by atomic mass is 35.5. The second-order valence-electron chi connectivity index (χ2n) is 9.26. The molecule has 1 atom stereocenters. The first-order valence-corrected chi connectivity index (χ1v) is 14.4. The van der Waals surface area contributed by atoms with Gasteiger partial charge in [0.1, 0.15) is 12.6 Å². The van der Waals surface area contributed by atoms with Crippen LogP contribution >= 0.6 is 11.6 Å². The Labute approximate surface area is 236 Å². The lowest BCUT2D eigenvalue weighted by molar-refractivity contribution is -0.139. The van der Waals surface area contributed by atoms with E-state index in [1.165, 1.54) is 11.9 Å². The van der Waals surface area contributed by atoms with E-state index < -0.39 is 51.2 Å². The van der Waals surface area contributed by atoms with Crippen molar-refractivity contribution in [3.63, 3.8) is 0 Å². The van der Waals surface area contributed by atoms with E-state index in [9.17, 15) is 31.2 Å². The number of halogens is 4. The summed E-state index contributed by atoms with van der Waals surface area (Å²) in [5, 5.41) is 1.95. The predicted octanol–water partition coefficient (Wildman–Crippen LogP) is 4.82. The number of sulfonamides is 1. The van der Waals surface area contributed by atoms with Gasteiger partial charge >= 0.3 is 6.18 Å². The molecule has 3 aromatic rings. The number of anilines is 1. The van der Waals surface area contributed by atoms with Crippen LogP contribution in [0.25, 0.3) is 0 Å². The molecule has 40 heavy (non-hydrogen) atoms. The molecule has 0 saturated heterocycles. The molecule has 0 aliphatic carbocycles. The van der Waals surface area contributed by atoms with Gasteiger partial charge in [0.05, 0.1) is 22.5 Å². The zero-order valence-corrected chi connectivity index (χ0v) is 23.6. The largest absolute Gasteiger partial charge is 0.417 e. The predicted molar refractivity (Wildman–Crippen MR) is 148 cm³/mol. The van der Waals surface area contributed by atoms with Gasteiger partial charge in [0, 0.05) is 20.0 Å². The molecule has 0 aliphatic rings. The molecule has 0 aromatic heterocycles. The Kier molecular flexibility index (Phi) is 9.86. The molecule has 2 amide bonds. The second-order valence-corrected chi connectivity index (χ2v) is 11.6. The van der Waals surface area contributed by atoms with Gasteiger partial charge in [0.2, 0.25) is 21.8 Å². The molecule has 0 bridgehead atoms. The standard InChI is InChI=1S/C28H29ClF3N3O4S/c1-19-8-7-11-21(14-19)17-34(25(27(37)33-2)15-20-9-5-4-6-10-20)26(36)18-35(40(3,38)39)22-12-13-24(29)23(16-22)28(30,31)32/h4-14,16,25H,15,17-18H2,1-3H3,(H,33,37). The van der Waals surface area contributed by atoms with Crippen molar-refractivity contribution in [2.75, 3.05) is 24.2 Å². The van der Waals surface area contributed by atoms with Crippen LogP contribution in [0.15, 0.2) is 72.8 Å². The fraction of sp³-hybridized carbons (Fsp3) is 0.286. The number of carbonyl (C=O) groups is 2. The van der Waals surface area contributed by atoms with Crippen LogP contribution in [0.3, 0.4) is 0 Å². The van der Waals surface area contributed by atoms with Gasteiger partial charge < -0.3 is 10.2 Å². The highest BCUT2D eigenvalue weighted by Gasteiger charge is 2.36. The first kappa shape index (κ1) is 31.0. The van der Waals surface area contributed by atoms with Crippen LogP contribution in [0, 0.1) is 6.92 Å². The van der Waals surface area contributed by atoms with E-state index in [2.05, 4.69) is 5.32 Å². The molecule has 3 aromatic carbocycles. The molecule has 0 aliphatic heterocycles. The van der Waals surface area contributed by atoms with Gasteiger partial charge in [-0.15, -0.1) is 0 Å². The topological polar surface area (TPSA) is 86.8 Å². The first-order chi connectivity index (χ1) is 18.7. The number of alkyl halides is 3. The van der Waals surface area contributed by atoms with E-state index in [-0.39, 0.29) is 18.7 Å². The smallest absolute Gasteiger partial charge is 0.357 e. The number of nitrogens with one attached hydrogen (secondary N) is 1. The molecule has 12 heteroatoms. The second kappa shape index (κ2) is 12.7. The molecule has 0 fully saturated rings. The number of benzene rings is 3. The Morgan fingerprint density at radius 1 is 0.975 bits per heavy atom. The molecule has 3 rings (SSSR count). The summed E-state index contributed by atoms with van der Waals surface area (Å²) in [6.45, 7) is 0.976. The van der Waals surface area contributed by atoms with E-state index >= 15 is 0 Å². The minimum absolute atomic E-state index is 0.0442. The average Bonchev–Trinajstić information content (AvgIpc) is 2.88. The molecule has 7 nitrogen and oxygen atoms in total. The normalized spacial score (nSPS) is 12.5. The van der Waals surface area contributed by atoms with E-state index in [1.807, 2.05) is 19.1 Å². The number of rotatable bonds is 10. The van der Waals surface area contributed by atoms with Crippen molar-refractivity contribution < 1.29 is 31.2 Å². The van der Waals surface area contributed by atoms with E-state index in [0.717, 1.165) is 29.5 Å². The van der Waals surface area contributed by atoms with Gasteiger partial charge in [-0.3, -0.25) is 13.9 Å². The number of carbonyl (C=O) groups excluding carboxylic acids is 2. The number of amides is 2. The highest BCUT2D eigenvalue weighted by molar-refractivity contribution is 7.92. The number of hydrogen-bond acceptors (Lipinski definition) is 4. The Bertz CT molecular complexity index is 1470. The van der Waals surface area contributed by atoms with Crippen LogP contribution in [-0.2, 0) is 38.8 Å². The maximum absolute atomic E-state index is 13.9. The molecular formula is C28H29ClF3N3O4S. The maximum Gasteiger partial charge on any atom is 0.417 e. The SMILES string of the molecule is CNC(=O)C(Cc1ccccc1)N(Cc1cccc(C)c1)C(=O)CN(c1ccc(Cl)c(C(F)(F)F)c1)S(C)(=O)=O. The monoisotopic (exact) mass is 595 g/mol. The van der Waals surface area contributed by atoms with Crippen LogP contribution in [-0.4, -0.2) is 51.0 Å². The molecule has 0 saturated carbocycles. The zero-order chi connectivity index (χ0) is 29.7. The summed E-state index contributed by atoms with van der Waals surface area (Å²) in [5.74, 6) is -1.26. The van der Waals surface area contributed by atoms with Crippen LogP contribution < -0.4 is 9.62 Å². The third kappa shape index (κ3) is 7.98. The lowest BCUT2D eigenvalue weighted by Crippen LogP contribution is -2.52. The zero-order valence-electron chi connectivity index (χ0n) is 22.1. The Morgan fingerprint density at radius 3 is 2.20 bits per heavy atom. The van der Waals surface area contributed by atoms with Gasteiger partial charge in [0.25, 0.3) is 0 Å². The van der Waals surface area contributed by atoms with Crippen molar-refractivity contribution >= 4 is 39.1 Å². The third-order valence-electron chi connectivity index (χ3n) is 6.18. The van der Waals surface area contributed by atoms with Crippen LogP contribution in [0.5, 0.6) is 0 Å². The van der Waals surface area contributed by atoms with E-state index in [0.29, 0.717) is 15.9 Å². The average molecular weight is 596 g/mol. The van der Waals surface area contributed by atoms with Crippen LogP contribution in [0.1, 0.15) is 22.3 Å². The van der Waals surface area contributed by atoms with Crippen molar-refractivity contribution in [1.82, 2.24) is 10.2 Å². The lowest BCUT2D eigenvalue weighted by atomic mass is 10.0. The number of hydrogen-bond donors (Lipinski definition) is 1. The summed E-state index contributed by atoms with van der Waals surface area (Å²) in [6.07, 6.45) is -3.94. The van der Waals surface area contributed by atoms with Crippen molar-refractivity contribution in [3.8, 4) is 0 Å². The lowest BCUT2D eigenvalue weighted by Gasteiger charge is -2.33. The summed E-state index contributed by atoms with van der Waals surface area (Å²) in [7, 11) is -2.82. The quantitative estimate of drug-likeness (QED) is 0.364. The van der Waals surface area contributed by atoms with E-state index in [4.69, 9.17) is 11.6 Å². The van der Waals surface area contributed by atoms with Gasteiger partial charge in [0.15, 0.2) is 0 Å². The summed E-state index contributed by atoms with van der Waals surface area (Å²) >= 11 is 5.72. The number of aryl methyl sites for hydroxylation is 1. The van der Waals surface area contributed by atoms with Crippen LogP contribution in [0.4, 0.5) is 18.9 Å². The van der Waals surface area contributed by atoms with Crippen molar-refractivity contribution in [2.24, 2.45) is 0 Å². The fourth-order valence-electron chi connectivity index (χ4n) is 4.23. The van der Waals surface area contributed by atoms with E-state index in [1.54, 1.807) is 42.5 Å². The highest BCUT2D eigenvalue weighted by Crippen LogP contribution is 2.37. The van der Waals surface area contributed by atoms with Crippen LogP contribution in [0.2, 0.25) is 5.02 Å². The molecule has 1 unspecified atom stereocenters. The van der Waals surface area contributed by atoms with Gasteiger partial charge in [-0.05, 0) is 36.2 Å². The summed E-state index contributed by atoms with van der Waals surface area (Å²) in [6, 6.07) is 17.8. The van der Waals surface area contributed by atoms with Crippen molar-refractivity contribution in [1.29, 1.82) is 0 Å². The summed E-state index contributed by atoms with van der Waals surface area (Å²) in [4.78, 5) is 28.2. The molecule has 0 heterocycles. The molecule has 1 N–H and O–H groups in total. The van der Waals surface area contributed by atoms with Gasteiger partial charge in [-0.1, -0.05) is 71.8 Å². The Hall–Kier alpha value is -3.57. The van der Waals surface area contributed by atoms with Crippen molar-refractivity contribution in [2.45, 2.75) is 32.1 Å². The maximum atomic E-state index is 13.9. The van der Waals surface area contributed by atoms with Gasteiger partial charge in [-0.2, -0.15) is 13.2 Å². The number of nitrogens with zero attached hydrogens (tertiary/aromatic N) is 2. The summed E-state index contributed by atoms with van der Waals surface area (Å²) < 4.78 is 66.6. The fourth-order valence-corrected chi connectivity index (χ4v) is 5.29. The number of likely N-dealkylation sites (N-methyl/N-ethyl adjacent to an activating group) is 1. The molecular weight excluding hydrogens is 567 g/mol. The first-order valence-electron chi connectivity index (χ1n) is 12.2. The van der Waals surface area contributed by atoms with Crippen molar-refractivity contribution in [3.05, 3.63) is 100 Å². The minimum Gasteiger partial charge on any atom is -0.357 e. The Morgan fingerprint density at radius 2 is 1.62 bits per heavy atom. The van der Waals surface area contributed by atoms with Gasteiger partial charge in [-0.25, -0.2) is 8.42 Å². The minimum atomic E-state index is -4.85. The molecule has 0 radical (unpaired) electrons. The molecule has 0 spiro atoms. The Balaban J connectivity index is 2.07. The third-order valence-corrected chi connectivity index (χ3v) is 7.65.